The van der Waals surface area contributed by atoms with Crippen molar-refractivity contribution >= 4 is 5.91 Å². The zero-order valence-corrected chi connectivity index (χ0v) is 13.6. The molecule has 7 heteroatoms. The molecule has 7 nitrogen and oxygen atoms in total. The molecule has 0 unspecified atom stereocenters. The fourth-order valence-electron chi connectivity index (χ4n) is 3.40. The van der Waals surface area contributed by atoms with Crippen molar-refractivity contribution in [2.75, 3.05) is 13.3 Å². The van der Waals surface area contributed by atoms with Crippen molar-refractivity contribution in [3.8, 4) is 11.5 Å². The van der Waals surface area contributed by atoms with Crippen LogP contribution in [0.4, 0.5) is 0 Å². The Kier molecular flexibility index (Phi) is 3.84. The summed E-state index contributed by atoms with van der Waals surface area (Å²) in [5.41, 5.74) is 0.619. The van der Waals surface area contributed by atoms with Crippen LogP contribution in [0.15, 0.2) is 24.5 Å². The summed E-state index contributed by atoms with van der Waals surface area (Å²) in [5, 5.41) is 8.29. The number of ether oxygens (including phenoxy) is 2. The SMILES string of the molecule is CCn1cnnc1[C@H]1CCCCN1C(=O)c1ccc2c(c1)OCO2. The molecule has 1 fully saturated rings. The molecule has 2 aliphatic heterocycles. The van der Waals surface area contributed by atoms with Gasteiger partial charge in [0.15, 0.2) is 17.3 Å². The fraction of sp³-hybridized carbons (Fsp3) is 0.471. The van der Waals surface area contributed by atoms with Crippen molar-refractivity contribution in [1.29, 1.82) is 0 Å². The van der Waals surface area contributed by atoms with Gasteiger partial charge in [-0.05, 0) is 44.4 Å². The Morgan fingerprint density at radius 1 is 1.29 bits per heavy atom. The summed E-state index contributed by atoms with van der Waals surface area (Å²) in [5.74, 6) is 2.19. The molecule has 0 saturated carbocycles. The number of amides is 1. The summed E-state index contributed by atoms with van der Waals surface area (Å²) in [7, 11) is 0. The van der Waals surface area contributed by atoms with Crippen LogP contribution in [0.2, 0.25) is 0 Å². The van der Waals surface area contributed by atoms with Gasteiger partial charge in [0.2, 0.25) is 6.79 Å². The fourth-order valence-corrected chi connectivity index (χ4v) is 3.40. The number of nitrogens with zero attached hydrogens (tertiary/aromatic N) is 4. The molecule has 0 spiro atoms. The van der Waals surface area contributed by atoms with Crippen molar-refractivity contribution in [2.24, 2.45) is 0 Å². The molecule has 1 atom stereocenters. The third-order valence-electron chi connectivity index (χ3n) is 4.67. The van der Waals surface area contributed by atoms with Crippen molar-refractivity contribution < 1.29 is 14.3 Å². The van der Waals surface area contributed by atoms with E-state index in [1.807, 2.05) is 9.47 Å². The largest absolute Gasteiger partial charge is 0.454 e. The summed E-state index contributed by atoms with van der Waals surface area (Å²) >= 11 is 0. The van der Waals surface area contributed by atoms with E-state index in [1.54, 1.807) is 24.5 Å². The second-order valence-corrected chi connectivity index (χ2v) is 6.05. The monoisotopic (exact) mass is 328 g/mol. The van der Waals surface area contributed by atoms with Crippen molar-refractivity contribution in [2.45, 2.75) is 38.8 Å². The average Bonchev–Trinajstić information content (AvgIpc) is 3.29. The first kappa shape index (κ1) is 15.0. The first-order valence-electron chi connectivity index (χ1n) is 8.36. The minimum atomic E-state index is -0.0286. The van der Waals surface area contributed by atoms with Crippen LogP contribution in [-0.2, 0) is 6.54 Å². The summed E-state index contributed by atoms with van der Waals surface area (Å²) < 4.78 is 12.7. The maximum Gasteiger partial charge on any atom is 0.254 e. The normalized spacial score (nSPS) is 19.5. The minimum Gasteiger partial charge on any atom is -0.454 e. The van der Waals surface area contributed by atoms with E-state index in [-0.39, 0.29) is 18.7 Å². The number of carbonyl (C=O) groups is 1. The van der Waals surface area contributed by atoms with Crippen LogP contribution >= 0.6 is 0 Å². The Bertz CT molecular complexity index is 758. The zero-order chi connectivity index (χ0) is 16.5. The van der Waals surface area contributed by atoms with Gasteiger partial charge < -0.3 is 18.9 Å². The van der Waals surface area contributed by atoms with E-state index in [0.717, 1.165) is 38.2 Å². The van der Waals surface area contributed by atoms with Crippen LogP contribution in [0.1, 0.15) is 48.4 Å². The Labute approximate surface area is 140 Å². The Morgan fingerprint density at radius 2 is 2.17 bits per heavy atom. The molecule has 0 radical (unpaired) electrons. The quantitative estimate of drug-likeness (QED) is 0.865. The molecule has 2 aromatic rings. The molecule has 126 valence electrons. The lowest BCUT2D eigenvalue weighted by Crippen LogP contribution is -2.39. The molecule has 1 aromatic carbocycles. The molecule has 4 rings (SSSR count). The molecule has 0 N–H and O–H groups in total. The molecular formula is C17H20N4O3. The maximum absolute atomic E-state index is 13.1. The summed E-state index contributed by atoms with van der Waals surface area (Å²) in [6.07, 6.45) is 4.74. The highest BCUT2D eigenvalue weighted by Crippen LogP contribution is 2.35. The molecule has 0 aliphatic carbocycles. The second kappa shape index (κ2) is 6.14. The van der Waals surface area contributed by atoms with Crippen LogP contribution in [0.3, 0.4) is 0 Å². The van der Waals surface area contributed by atoms with Gasteiger partial charge in [0.1, 0.15) is 6.33 Å². The molecule has 1 amide bonds. The van der Waals surface area contributed by atoms with E-state index in [2.05, 4.69) is 17.1 Å². The third kappa shape index (κ3) is 2.50. The van der Waals surface area contributed by atoms with Crippen LogP contribution in [0.25, 0.3) is 0 Å². The van der Waals surface area contributed by atoms with Gasteiger partial charge in [-0.2, -0.15) is 0 Å². The number of carbonyl (C=O) groups excluding carboxylic acids is 1. The summed E-state index contributed by atoms with van der Waals surface area (Å²) in [6.45, 7) is 3.79. The maximum atomic E-state index is 13.1. The van der Waals surface area contributed by atoms with E-state index in [9.17, 15) is 4.79 Å². The van der Waals surface area contributed by atoms with Gasteiger partial charge in [-0.1, -0.05) is 0 Å². The van der Waals surface area contributed by atoms with Crippen molar-refractivity contribution in [3.05, 3.63) is 35.9 Å². The smallest absolute Gasteiger partial charge is 0.254 e. The van der Waals surface area contributed by atoms with Crippen molar-refractivity contribution in [1.82, 2.24) is 19.7 Å². The van der Waals surface area contributed by atoms with E-state index in [1.165, 1.54) is 0 Å². The van der Waals surface area contributed by atoms with E-state index >= 15 is 0 Å². The van der Waals surface area contributed by atoms with Gasteiger partial charge in [0.25, 0.3) is 5.91 Å². The zero-order valence-electron chi connectivity index (χ0n) is 13.6. The first-order valence-corrected chi connectivity index (χ1v) is 8.36. The van der Waals surface area contributed by atoms with Gasteiger partial charge in [-0.25, -0.2) is 0 Å². The number of likely N-dealkylation sites (tertiary alicyclic amines) is 1. The number of rotatable bonds is 3. The van der Waals surface area contributed by atoms with Gasteiger partial charge in [0.05, 0.1) is 6.04 Å². The summed E-state index contributed by atoms with van der Waals surface area (Å²) in [4.78, 5) is 15.0. The molecule has 0 bridgehead atoms. The Hall–Kier alpha value is -2.57. The van der Waals surface area contributed by atoms with E-state index in [0.29, 0.717) is 17.1 Å². The highest BCUT2D eigenvalue weighted by molar-refractivity contribution is 5.95. The lowest BCUT2D eigenvalue weighted by molar-refractivity contribution is 0.0594. The predicted molar refractivity (Wildman–Crippen MR) is 85.9 cm³/mol. The number of benzene rings is 1. The topological polar surface area (TPSA) is 69.5 Å². The number of fused-ring (bicyclic) bond motifs is 1. The molecule has 3 heterocycles. The molecule has 1 saturated heterocycles. The Morgan fingerprint density at radius 3 is 3.04 bits per heavy atom. The molecule has 1 aromatic heterocycles. The van der Waals surface area contributed by atoms with Gasteiger partial charge in [0, 0.05) is 18.7 Å². The standard InChI is InChI=1S/C17H20N4O3/c1-2-20-10-18-19-16(20)13-5-3-4-8-21(13)17(22)12-6-7-14-15(9-12)24-11-23-14/h6-7,9-10,13H,2-5,8,11H2,1H3/t13-/m1/s1. The first-order chi connectivity index (χ1) is 11.8. The third-order valence-corrected chi connectivity index (χ3v) is 4.67. The highest BCUT2D eigenvalue weighted by atomic mass is 16.7. The predicted octanol–water partition coefficient (Wildman–Crippen LogP) is 2.39. The second-order valence-electron chi connectivity index (χ2n) is 6.05. The molecule has 2 aliphatic rings. The highest BCUT2D eigenvalue weighted by Gasteiger charge is 2.32. The molecular weight excluding hydrogens is 308 g/mol. The van der Waals surface area contributed by atoms with E-state index in [4.69, 9.17) is 9.47 Å². The number of aryl methyl sites for hydroxylation is 1. The van der Waals surface area contributed by atoms with Crippen LogP contribution in [-0.4, -0.2) is 38.9 Å². The van der Waals surface area contributed by atoms with Gasteiger partial charge >= 0.3 is 0 Å². The molecule has 24 heavy (non-hydrogen) atoms. The van der Waals surface area contributed by atoms with Gasteiger partial charge in [-0.3, -0.25) is 4.79 Å². The lowest BCUT2D eigenvalue weighted by Gasteiger charge is -2.35. The van der Waals surface area contributed by atoms with Crippen LogP contribution in [0, 0.1) is 0 Å². The van der Waals surface area contributed by atoms with Gasteiger partial charge in [-0.15, -0.1) is 10.2 Å². The van der Waals surface area contributed by atoms with Crippen molar-refractivity contribution in [3.63, 3.8) is 0 Å². The van der Waals surface area contributed by atoms with Crippen LogP contribution in [0.5, 0.6) is 11.5 Å². The summed E-state index contributed by atoms with van der Waals surface area (Å²) in [6, 6.07) is 5.33. The number of piperidine rings is 1. The number of hydrogen-bond acceptors (Lipinski definition) is 5. The van der Waals surface area contributed by atoms with Crippen LogP contribution < -0.4 is 9.47 Å². The Balaban J connectivity index is 1.64. The lowest BCUT2D eigenvalue weighted by atomic mass is 10.00. The average molecular weight is 328 g/mol. The van der Waals surface area contributed by atoms with E-state index < -0.39 is 0 Å². The number of hydrogen-bond donors (Lipinski definition) is 0. The number of aromatic nitrogens is 3. The minimum absolute atomic E-state index is 0.00338.